The third-order valence-electron chi connectivity index (χ3n) is 5.03. The molecule has 0 spiro atoms. The molecule has 0 amide bonds. The Labute approximate surface area is 151 Å². The standard InChI is InChI=1S/C20H17O2.Zr/c21-13-20(22,18-11-9-14-5-1-3-7-16(14)18)19-12-10-15-6-2-4-8-17(15)19;/h1-13,18-19,21-22H;. The van der Waals surface area contributed by atoms with E-state index in [2.05, 4.69) is 12.1 Å². The number of aliphatic hydroxyl groups is 2. The van der Waals surface area contributed by atoms with E-state index in [4.69, 9.17) is 0 Å². The molecule has 0 aromatic heterocycles. The molecule has 0 saturated carbocycles. The molecule has 0 saturated heterocycles. The molecule has 2 nitrogen and oxygen atoms in total. The minimum absolute atomic E-state index is 0.200. The number of aliphatic hydroxyl groups excluding tert-OH is 1. The van der Waals surface area contributed by atoms with Crippen LogP contribution in [-0.2, 0) is 24.7 Å². The average Bonchev–Trinajstić information content (AvgIpc) is 3.18. The summed E-state index contributed by atoms with van der Waals surface area (Å²) < 4.78 is -0.767. The molecule has 0 fully saturated rings. The maximum atomic E-state index is 11.7. The van der Waals surface area contributed by atoms with Crippen LogP contribution in [0.3, 0.4) is 0 Å². The molecule has 2 aromatic rings. The monoisotopic (exact) mass is 379 g/mol. The van der Waals surface area contributed by atoms with Gasteiger partial charge in [-0.3, -0.25) is 0 Å². The summed E-state index contributed by atoms with van der Waals surface area (Å²) in [5.74, 6) is -0.400. The first-order valence-corrected chi connectivity index (χ1v) is 9.20. The van der Waals surface area contributed by atoms with Crippen LogP contribution in [0.15, 0.2) is 60.7 Å². The Morgan fingerprint density at radius 1 is 0.826 bits per heavy atom. The van der Waals surface area contributed by atoms with Crippen LogP contribution in [0.5, 0.6) is 0 Å². The predicted octanol–water partition coefficient (Wildman–Crippen LogP) is 3.20. The molecule has 23 heavy (non-hydrogen) atoms. The van der Waals surface area contributed by atoms with E-state index in [1.54, 1.807) is 0 Å². The van der Waals surface area contributed by atoms with Crippen molar-refractivity contribution in [3.8, 4) is 0 Å². The van der Waals surface area contributed by atoms with E-state index in [-0.39, 0.29) is 11.8 Å². The quantitative estimate of drug-likeness (QED) is 0.858. The van der Waals surface area contributed by atoms with Gasteiger partial charge in [0.25, 0.3) is 0 Å². The van der Waals surface area contributed by atoms with Crippen LogP contribution >= 0.6 is 0 Å². The van der Waals surface area contributed by atoms with E-state index in [0.717, 1.165) is 47.0 Å². The van der Waals surface area contributed by atoms with E-state index in [0.29, 0.717) is 0 Å². The number of hydrogen-bond acceptors (Lipinski definition) is 2. The Kier molecular flexibility index (Phi) is 3.76. The van der Waals surface area contributed by atoms with Crippen LogP contribution in [0.2, 0.25) is 0 Å². The molecular formula is C20H17O2Zr. The van der Waals surface area contributed by atoms with Crippen LogP contribution in [0.4, 0.5) is 0 Å². The maximum absolute atomic E-state index is 11.7. The van der Waals surface area contributed by atoms with Crippen molar-refractivity contribution < 1.29 is 34.9 Å². The van der Waals surface area contributed by atoms with Gasteiger partial charge in [0, 0.05) is 0 Å². The predicted molar refractivity (Wildman–Crippen MR) is 87.4 cm³/mol. The molecule has 0 heterocycles. The van der Waals surface area contributed by atoms with Gasteiger partial charge >= 0.3 is 151 Å². The van der Waals surface area contributed by atoms with Gasteiger partial charge in [0.15, 0.2) is 0 Å². The zero-order valence-corrected chi connectivity index (χ0v) is 15.0. The van der Waals surface area contributed by atoms with Crippen molar-refractivity contribution in [2.24, 2.45) is 0 Å². The van der Waals surface area contributed by atoms with E-state index >= 15 is 0 Å². The van der Waals surface area contributed by atoms with E-state index in [9.17, 15) is 10.2 Å². The van der Waals surface area contributed by atoms with E-state index in [1.807, 2.05) is 60.7 Å². The van der Waals surface area contributed by atoms with Crippen molar-refractivity contribution in [3.63, 3.8) is 0 Å². The van der Waals surface area contributed by atoms with Gasteiger partial charge in [-0.2, -0.15) is 0 Å². The molecule has 0 radical (unpaired) electrons. The second kappa shape index (κ2) is 5.66. The molecule has 3 atom stereocenters. The number of rotatable bonds is 3. The van der Waals surface area contributed by atoms with Gasteiger partial charge in [0.05, 0.1) is 0 Å². The minimum atomic E-state index is -1.23. The molecule has 2 aliphatic carbocycles. The molecular weight excluding hydrogens is 363 g/mol. The zero-order chi connectivity index (χ0) is 16.0. The van der Waals surface area contributed by atoms with E-state index < -0.39 is 9.41 Å². The van der Waals surface area contributed by atoms with Gasteiger partial charge < -0.3 is 0 Å². The first kappa shape index (κ1) is 15.3. The summed E-state index contributed by atoms with van der Waals surface area (Å²) in [5.41, 5.74) is 3.21. The third-order valence-corrected chi connectivity index (χ3v) is 6.17. The van der Waals surface area contributed by atoms with Crippen molar-refractivity contribution in [3.05, 3.63) is 82.9 Å². The van der Waals surface area contributed by atoms with Crippen LogP contribution < -0.4 is 0 Å². The summed E-state index contributed by atoms with van der Waals surface area (Å²) in [4.78, 5) is 0. The summed E-state index contributed by atoms with van der Waals surface area (Å²) in [5, 5.41) is 22.2. The summed E-state index contributed by atoms with van der Waals surface area (Å²) >= 11 is 0.928. The van der Waals surface area contributed by atoms with Crippen LogP contribution in [0.25, 0.3) is 12.2 Å². The molecule has 0 bridgehead atoms. The molecule has 0 aliphatic heterocycles. The molecule has 2 N–H and O–H groups in total. The summed E-state index contributed by atoms with van der Waals surface area (Å²) in [6.07, 6.45) is 8.17. The van der Waals surface area contributed by atoms with Crippen LogP contribution in [-0.4, -0.2) is 19.6 Å². The van der Waals surface area contributed by atoms with E-state index in [1.165, 1.54) is 0 Å². The molecule has 113 valence electrons. The fraction of sp³-hybridized carbons (Fsp3) is 0.200. The first-order valence-electron chi connectivity index (χ1n) is 7.78. The second-order valence-corrected chi connectivity index (χ2v) is 7.57. The molecule has 2 aromatic carbocycles. The van der Waals surface area contributed by atoms with Gasteiger partial charge in [0.2, 0.25) is 0 Å². The summed E-state index contributed by atoms with van der Waals surface area (Å²) in [6.45, 7) is 0. The van der Waals surface area contributed by atoms with Gasteiger partial charge in [-0.05, 0) is 0 Å². The SMILES string of the molecule is O[CH]([Zr])C(O)(C1C=Cc2ccccc21)C1C=Cc2ccccc21. The number of hydrogen-bond donors (Lipinski definition) is 2. The Bertz CT molecular complexity index is 745. The van der Waals surface area contributed by atoms with Crippen molar-refractivity contribution in [2.75, 3.05) is 0 Å². The normalized spacial score (nSPS) is 24.9. The van der Waals surface area contributed by atoms with Gasteiger partial charge in [-0.25, -0.2) is 0 Å². The molecule has 3 unspecified atom stereocenters. The van der Waals surface area contributed by atoms with Gasteiger partial charge in [0.1, 0.15) is 0 Å². The topological polar surface area (TPSA) is 40.5 Å². The second-order valence-electron chi connectivity index (χ2n) is 6.22. The molecule has 3 heteroatoms. The molecule has 2 aliphatic rings. The summed E-state index contributed by atoms with van der Waals surface area (Å²) in [6, 6.07) is 16.2. The fourth-order valence-electron chi connectivity index (χ4n) is 3.84. The zero-order valence-electron chi connectivity index (χ0n) is 12.6. The van der Waals surface area contributed by atoms with Crippen molar-refractivity contribution in [2.45, 2.75) is 21.2 Å². The number of fused-ring (bicyclic) bond motifs is 2. The summed E-state index contributed by atoms with van der Waals surface area (Å²) in [7, 11) is 0. The van der Waals surface area contributed by atoms with Gasteiger partial charge in [-0.1, -0.05) is 0 Å². The first-order chi connectivity index (χ1) is 11.1. The molecule has 4 rings (SSSR count). The third kappa shape index (κ3) is 2.26. The fourth-order valence-corrected chi connectivity index (χ4v) is 4.72. The Morgan fingerprint density at radius 2 is 1.26 bits per heavy atom. The Hall–Kier alpha value is -1.28. The van der Waals surface area contributed by atoms with Crippen molar-refractivity contribution >= 4 is 12.2 Å². The average molecular weight is 381 g/mol. The van der Waals surface area contributed by atoms with Crippen LogP contribution in [0, 0.1) is 0 Å². The Morgan fingerprint density at radius 3 is 1.70 bits per heavy atom. The Balaban J connectivity index is 1.84. The van der Waals surface area contributed by atoms with Crippen molar-refractivity contribution in [1.82, 2.24) is 0 Å². The number of benzene rings is 2. The van der Waals surface area contributed by atoms with Crippen molar-refractivity contribution in [1.29, 1.82) is 0 Å². The van der Waals surface area contributed by atoms with Gasteiger partial charge in [-0.15, -0.1) is 0 Å². The van der Waals surface area contributed by atoms with Crippen LogP contribution in [0.1, 0.15) is 34.1 Å².